The molecule has 0 aliphatic carbocycles. The van der Waals surface area contributed by atoms with E-state index in [9.17, 15) is 16.8 Å². The standard InChI is InChI=1S/C9H12ClNO2S.C9H11NO2S/c1-8-2-4-9(5-3-8)14(12,13)11-7-6-10;1-8-2-4-9(5-3-8)13(11,12)10-6-7-10/h2-5,11H,6-7H2,1H3;2-5H,6-7H2,1H3. The van der Waals surface area contributed by atoms with Crippen molar-refractivity contribution in [3.8, 4) is 0 Å². The lowest BCUT2D eigenvalue weighted by Gasteiger charge is -2.04. The van der Waals surface area contributed by atoms with Gasteiger partial charge in [0.15, 0.2) is 0 Å². The van der Waals surface area contributed by atoms with E-state index in [4.69, 9.17) is 11.6 Å². The second-order valence-electron chi connectivity index (χ2n) is 6.12. The van der Waals surface area contributed by atoms with Gasteiger partial charge in [0.25, 0.3) is 0 Å². The Hall–Kier alpha value is -1.45. The van der Waals surface area contributed by atoms with Crippen molar-refractivity contribution < 1.29 is 16.8 Å². The Labute approximate surface area is 166 Å². The van der Waals surface area contributed by atoms with Crippen LogP contribution in [0, 0.1) is 13.8 Å². The van der Waals surface area contributed by atoms with Gasteiger partial charge in [0.1, 0.15) is 0 Å². The largest absolute Gasteiger partial charge is 0.243 e. The van der Waals surface area contributed by atoms with Crippen molar-refractivity contribution in [2.75, 3.05) is 25.5 Å². The fourth-order valence-corrected chi connectivity index (χ4v) is 4.69. The summed E-state index contributed by atoms with van der Waals surface area (Å²) >= 11 is 5.39. The van der Waals surface area contributed by atoms with Gasteiger partial charge in [0.05, 0.1) is 9.79 Å². The van der Waals surface area contributed by atoms with Gasteiger partial charge in [-0.15, -0.1) is 11.6 Å². The molecule has 3 rings (SSSR count). The van der Waals surface area contributed by atoms with Crippen molar-refractivity contribution in [2.24, 2.45) is 0 Å². The van der Waals surface area contributed by atoms with Crippen LogP contribution in [-0.4, -0.2) is 46.7 Å². The number of nitrogens with zero attached hydrogens (tertiary/aromatic N) is 1. The first-order valence-electron chi connectivity index (χ1n) is 8.36. The molecule has 1 N–H and O–H groups in total. The van der Waals surface area contributed by atoms with Crippen molar-refractivity contribution in [3.63, 3.8) is 0 Å². The van der Waals surface area contributed by atoms with Gasteiger partial charge < -0.3 is 0 Å². The third-order valence-electron chi connectivity index (χ3n) is 3.78. The highest BCUT2D eigenvalue weighted by Gasteiger charge is 2.32. The van der Waals surface area contributed by atoms with Crippen LogP contribution in [0.15, 0.2) is 58.3 Å². The maximum atomic E-state index is 11.6. The fraction of sp³-hybridized carbons (Fsp3) is 0.333. The molecule has 1 saturated heterocycles. The molecule has 148 valence electrons. The van der Waals surface area contributed by atoms with Crippen molar-refractivity contribution in [2.45, 2.75) is 23.6 Å². The zero-order valence-electron chi connectivity index (χ0n) is 15.2. The molecule has 0 amide bonds. The Balaban J connectivity index is 0.000000194. The van der Waals surface area contributed by atoms with E-state index >= 15 is 0 Å². The van der Waals surface area contributed by atoms with E-state index < -0.39 is 20.0 Å². The first-order valence-corrected chi connectivity index (χ1v) is 11.8. The number of hydrogen-bond donors (Lipinski definition) is 1. The van der Waals surface area contributed by atoms with Crippen LogP contribution in [0.3, 0.4) is 0 Å². The Morgan fingerprint density at radius 2 is 1.30 bits per heavy atom. The summed E-state index contributed by atoms with van der Waals surface area (Å²) in [5, 5.41) is 0. The molecule has 0 saturated carbocycles. The summed E-state index contributed by atoms with van der Waals surface area (Å²) in [5.74, 6) is 0.269. The Kier molecular flexibility index (Phi) is 7.41. The minimum atomic E-state index is -3.37. The topological polar surface area (TPSA) is 83.3 Å². The summed E-state index contributed by atoms with van der Waals surface area (Å²) in [6.07, 6.45) is 0. The summed E-state index contributed by atoms with van der Waals surface area (Å²) in [4.78, 5) is 0.670. The third kappa shape index (κ3) is 6.29. The quantitative estimate of drug-likeness (QED) is 0.563. The number of halogens is 1. The van der Waals surface area contributed by atoms with Crippen LogP contribution in [0.25, 0.3) is 0 Å². The fourth-order valence-electron chi connectivity index (χ4n) is 2.11. The first-order chi connectivity index (χ1) is 12.7. The SMILES string of the molecule is Cc1ccc(S(=O)(=O)N2CC2)cc1.Cc1ccc(S(=O)(=O)NCCCl)cc1. The molecule has 1 fully saturated rings. The van der Waals surface area contributed by atoms with Gasteiger partial charge in [-0.2, -0.15) is 4.31 Å². The highest BCUT2D eigenvalue weighted by atomic mass is 35.5. The van der Waals surface area contributed by atoms with E-state index in [0.717, 1.165) is 11.1 Å². The lowest BCUT2D eigenvalue weighted by Crippen LogP contribution is -2.25. The number of sulfonamides is 2. The zero-order valence-corrected chi connectivity index (χ0v) is 17.6. The Morgan fingerprint density at radius 1 is 0.852 bits per heavy atom. The van der Waals surface area contributed by atoms with Gasteiger partial charge in [0, 0.05) is 25.5 Å². The summed E-state index contributed by atoms with van der Waals surface area (Å²) < 4.78 is 50.2. The summed E-state index contributed by atoms with van der Waals surface area (Å²) in [7, 11) is -6.52. The number of hydrogen-bond acceptors (Lipinski definition) is 4. The van der Waals surface area contributed by atoms with Gasteiger partial charge in [-0.1, -0.05) is 35.4 Å². The second kappa shape index (κ2) is 9.16. The molecular weight excluding hydrogens is 408 g/mol. The van der Waals surface area contributed by atoms with Crippen LogP contribution in [-0.2, 0) is 20.0 Å². The van der Waals surface area contributed by atoms with E-state index in [0.29, 0.717) is 18.0 Å². The van der Waals surface area contributed by atoms with Gasteiger partial charge in [-0.25, -0.2) is 21.6 Å². The molecule has 2 aromatic carbocycles. The highest BCUT2D eigenvalue weighted by molar-refractivity contribution is 7.89. The molecule has 1 aliphatic heterocycles. The zero-order chi connectivity index (χ0) is 20.1. The van der Waals surface area contributed by atoms with Crippen LogP contribution in [0.4, 0.5) is 0 Å². The average Bonchev–Trinajstić information content (AvgIpc) is 3.47. The predicted octanol–water partition coefficient (Wildman–Crippen LogP) is 2.51. The summed E-state index contributed by atoms with van der Waals surface area (Å²) in [6.45, 7) is 5.42. The molecule has 0 aromatic heterocycles. The molecule has 6 nitrogen and oxygen atoms in total. The van der Waals surface area contributed by atoms with E-state index in [1.54, 1.807) is 36.4 Å². The maximum Gasteiger partial charge on any atom is 0.243 e. The van der Waals surface area contributed by atoms with Crippen molar-refractivity contribution >= 4 is 31.6 Å². The lowest BCUT2D eigenvalue weighted by molar-refractivity contribution is 0.563. The molecule has 1 aliphatic rings. The van der Waals surface area contributed by atoms with Crippen LogP contribution < -0.4 is 4.72 Å². The number of benzene rings is 2. The smallest absolute Gasteiger partial charge is 0.210 e. The molecule has 0 atom stereocenters. The molecule has 0 unspecified atom stereocenters. The van der Waals surface area contributed by atoms with Crippen molar-refractivity contribution in [1.29, 1.82) is 0 Å². The number of rotatable bonds is 6. The van der Waals surface area contributed by atoms with E-state index in [-0.39, 0.29) is 17.3 Å². The Morgan fingerprint density at radius 3 is 1.70 bits per heavy atom. The van der Waals surface area contributed by atoms with Gasteiger partial charge in [-0.3, -0.25) is 0 Å². The minimum Gasteiger partial charge on any atom is -0.210 e. The number of aryl methyl sites for hydroxylation is 2. The Bertz CT molecular complexity index is 953. The van der Waals surface area contributed by atoms with Crippen LogP contribution in [0.1, 0.15) is 11.1 Å². The monoisotopic (exact) mass is 430 g/mol. The maximum absolute atomic E-state index is 11.6. The molecule has 2 aromatic rings. The molecule has 0 radical (unpaired) electrons. The van der Waals surface area contributed by atoms with Crippen LogP contribution >= 0.6 is 11.6 Å². The normalized spacial score (nSPS) is 14.3. The van der Waals surface area contributed by atoms with Gasteiger partial charge >= 0.3 is 0 Å². The van der Waals surface area contributed by atoms with Crippen LogP contribution in [0.5, 0.6) is 0 Å². The molecule has 1 heterocycles. The van der Waals surface area contributed by atoms with E-state index in [1.165, 1.54) is 4.31 Å². The average molecular weight is 431 g/mol. The number of nitrogens with one attached hydrogen (secondary N) is 1. The number of alkyl halides is 1. The second-order valence-corrected chi connectivity index (χ2v) is 10.2. The van der Waals surface area contributed by atoms with Crippen molar-refractivity contribution in [1.82, 2.24) is 9.03 Å². The van der Waals surface area contributed by atoms with Gasteiger partial charge in [-0.05, 0) is 38.1 Å². The molecule has 9 heteroatoms. The third-order valence-corrected chi connectivity index (χ3v) is 7.36. The first kappa shape index (κ1) is 21.8. The van der Waals surface area contributed by atoms with E-state index in [1.807, 2.05) is 26.0 Å². The van der Waals surface area contributed by atoms with Gasteiger partial charge in [0.2, 0.25) is 20.0 Å². The summed E-state index contributed by atoms with van der Waals surface area (Å²) in [6, 6.07) is 13.6. The van der Waals surface area contributed by atoms with E-state index in [2.05, 4.69) is 4.72 Å². The molecule has 27 heavy (non-hydrogen) atoms. The minimum absolute atomic E-state index is 0.248. The van der Waals surface area contributed by atoms with Crippen molar-refractivity contribution in [3.05, 3.63) is 59.7 Å². The predicted molar refractivity (Wildman–Crippen MR) is 107 cm³/mol. The lowest BCUT2D eigenvalue weighted by atomic mass is 10.2. The molecular formula is C18H23ClN2O4S2. The molecule has 0 spiro atoms. The summed E-state index contributed by atoms with van der Waals surface area (Å²) in [5.41, 5.74) is 2.10. The molecule has 0 bridgehead atoms. The van der Waals surface area contributed by atoms with Crippen LogP contribution in [0.2, 0.25) is 0 Å². The highest BCUT2D eigenvalue weighted by Crippen LogP contribution is 2.21.